The molecule has 0 aromatic carbocycles. The van der Waals surface area contributed by atoms with Gasteiger partial charge in [0.25, 0.3) is 0 Å². The van der Waals surface area contributed by atoms with Gasteiger partial charge in [0.05, 0.1) is 6.20 Å². The zero-order valence-electron chi connectivity index (χ0n) is 3.59. The molecule has 0 aliphatic heterocycles. The van der Waals surface area contributed by atoms with E-state index in [1.807, 2.05) is 0 Å². The molecule has 1 radical (unpaired) electrons. The molecule has 0 saturated heterocycles. The maximum absolute atomic E-state index is 8.25. The van der Waals surface area contributed by atoms with Crippen molar-refractivity contribution in [1.82, 2.24) is 4.98 Å². The highest BCUT2D eigenvalue weighted by atomic mass is 16.4. The minimum Gasteiger partial charge on any atom is -0.435 e. The normalized spacial score (nSPS) is 9.29. The van der Waals surface area contributed by atoms with E-state index >= 15 is 0 Å². The molecule has 1 aromatic heterocycles. The van der Waals surface area contributed by atoms with Gasteiger partial charge in [-0.25, -0.2) is 4.98 Å². The fourth-order valence-corrected chi connectivity index (χ4v) is 0.292. The Hall–Kier alpha value is -0.830. The van der Waals surface area contributed by atoms with Gasteiger partial charge in [-0.2, -0.15) is 0 Å². The van der Waals surface area contributed by atoms with Crippen LogP contribution in [0.2, 0.25) is 0 Å². The molecular weight excluding hydrogens is 94.0 g/mol. The summed E-state index contributed by atoms with van der Waals surface area (Å²) in [6, 6.07) is 0. The van der Waals surface area contributed by atoms with Gasteiger partial charge in [0.1, 0.15) is 6.61 Å². The fraction of sp³-hybridized carbons (Fsp3) is 0.250. The van der Waals surface area contributed by atoms with Gasteiger partial charge in [0.15, 0.2) is 6.26 Å². The smallest absolute Gasteiger partial charge is 0.220 e. The maximum Gasteiger partial charge on any atom is 0.220 e. The Balaban J connectivity index is 2.76. The van der Waals surface area contributed by atoms with Crippen LogP contribution in [0.3, 0.4) is 0 Å². The summed E-state index contributed by atoms with van der Waals surface area (Å²) in [6.07, 6.45) is 3.70. The summed E-state index contributed by atoms with van der Waals surface area (Å²) in [7, 11) is 0. The van der Waals surface area contributed by atoms with E-state index in [1.165, 1.54) is 6.20 Å². The highest BCUT2D eigenvalue weighted by Crippen LogP contribution is 1.89. The lowest BCUT2D eigenvalue weighted by Crippen LogP contribution is -1.77. The second-order valence-electron chi connectivity index (χ2n) is 1.03. The molecule has 1 N–H and O–H groups in total. The molecule has 0 amide bonds. The zero-order chi connectivity index (χ0) is 5.11. The Labute approximate surface area is 40.6 Å². The molecule has 1 aromatic rings. The van der Waals surface area contributed by atoms with Crippen LogP contribution in [-0.2, 0) is 6.61 Å². The first-order chi connectivity index (χ1) is 3.43. The largest absolute Gasteiger partial charge is 0.435 e. The van der Waals surface area contributed by atoms with Crippen molar-refractivity contribution in [3.63, 3.8) is 0 Å². The number of aliphatic hydroxyl groups excluding tert-OH is 1. The van der Waals surface area contributed by atoms with Gasteiger partial charge in [-0.05, 0) is 0 Å². The molecule has 1 rings (SSSR count). The summed E-state index contributed by atoms with van der Waals surface area (Å²) in [5.41, 5.74) is 0. The predicted octanol–water partition coefficient (Wildman–Crippen LogP) is -0.0329. The third kappa shape index (κ3) is 0.778. The number of aliphatic hydroxyl groups is 1. The third-order valence-electron chi connectivity index (χ3n) is 0.573. The van der Waals surface area contributed by atoms with Crippen molar-refractivity contribution in [1.29, 1.82) is 0 Å². The van der Waals surface area contributed by atoms with Crippen molar-refractivity contribution in [2.75, 3.05) is 0 Å². The van der Waals surface area contributed by atoms with Gasteiger partial charge in [0.2, 0.25) is 5.89 Å². The van der Waals surface area contributed by atoms with Gasteiger partial charge in [-0.1, -0.05) is 0 Å². The van der Waals surface area contributed by atoms with Crippen LogP contribution in [0.25, 0.3) is 0 Å². The van der Waals surface area contributed by atoms with E-state index in [0.717, 1.165) is 0 Å². The third-order valence-corrected chi connectivity index (χ3v) is 0.573. The molecular formula is C4H4NO2. The first kappa shape index (κ1) is 4.33. The summed E-state index contributed by atoms with van der Waals surface area (Å²) < 4.78 is 4.50. The average Bonchev–Trinajstić information content (AvgIpc) is 2.14. The highest BCUT2D eigenvalue weighted by Gasteiger charge is 1.88. The number of hydrogen-bond donors (Lipinski definition) is 1. The second kappa shape index (κ2) is 1.75. The summed E-state index contributed by atoms with van der Waals surface area (Å²) in [4.78, 5) is 3.56. The minimum atomic E-state index is -0.149. The molecule has 7 heavy (non-hydrogen) atoms. The van der Waals surface area contributed by atoms with Crippen LogP contribution >= 0.6 is 0 Å². The van der Waals surface area contributed by atoms with Crippen LogP contribution < -0.4 is 0 Å². The first-order valence-electron chi connectivity index (χ1n) is 1.85. The molecule has 3 heteroatoms. The van der Waals surface area contributed by atoms with Gasteiger partial charge in [-0.15, -0.1) is 0 Å². The zero-order valence-corrected chi connectivity index (χ0v) is 3.59. The molecule has 0 bridgehead atoms. The van der Waals surface area contributed by atoms with Crippen molar-refractivity contribution in [2.45, 2.75) is 6.61 Å². The number of hydrogen-bond acceptors (Lipinski definition) is 3. The number of aromatic nitrogens is 1. The van der Waals surface area contributed by atoms with E-state index in [-0.39, 0.29) is 6.61 Å². The van der Waals surface area contributed by atoms with Gasteiger partial charge >= 0.3 is 0 Å². The first-order valence-corrected chi connectivity index (χ1v) is 1.85. The van der Waals surface area contributed by atoms with Crippen molar-refractivity contribution in [3.05, 3.63) is 18.4 Å². The highest BCUT2D eigenvalue weighted by molar-refractivity contribution is 4.73. The predicted molar refractivity (Wildman–Crippen MR) is 21.3 cm³/mol. The van der Waals surface area contributed by atoms with Crippen molar-refractivity contribution in [2.24, 2.45) is 0 Å². The Bertz CT molecular complexity index is 124. The fourth-order valence-electron chi connectivity index (χ4n) is 0.292. The van der Waals surface area contributed by atoms with E-state index in [4.69, 9.17) is 5.11 Å². The molecule has 0 aliphatic carbocycles. The monoisotopic (exact) mass is 98.0 g/mol. The molecule has 0 saturated carbocycles. The van der Waals surface area contributed by atoms with Crippen LogP contribution in [0.4, 0.5) is 0 Å². The van der Waals surface area contributed by atoms with E-state index in [0.29, 0.717) is 5.89 Å². The second-order valence-corrected chi connectivity index (χ2v) is 1.03. The lowest BCUT2D eigenvalue weighted by molar-refractivity contribution is 0.239. The van der Waals surface area contributed by atoms with Gasteiger partial charge in [0, 0.05) is 0 Å². The topological polar surface area (TPSA) is 46.3 Å². The number of rotatable bonds is 1. The van der Waals surface area contributed by atoms with Crippen LogP contribution in [-0.4, -0.2) is 10.1 Å². The molecule has 0 aliphatic rings. The van der Waals surface area contributed by atoms with Crippen LogP contribution in [0, 0.1) is 6.26 Å². The summed E-state index contributed by atoms with van der Waals surface area (Å²) >= 11 is 0. The molecule has 0 atom stereocenters. The van der Waals surface area contributed by atoms with Crippen molar-refractivity contribution in [3.8, 4) is 0 Å². The van der Waals surface area contributed by atoms with Gasteiger partial charge < -0.3 is 9.52 Å². The van der Waals surface area contributed by atoms with E-state index in [9.17, 15) is 0 Å². The number of nitrogens with zero attached hydrogens (tertiary/aromatic N) is 1. The van der Waals surface area contributed by atoms with Crippen LogP contribution in [0.15, 0.2) is 10.6 Å². The van der Waals surface area contributed by atoms with Gasteiger partial charge in [-0.3, -0.25) is 0 Å². The molecule has 0 spiro atoms. The standard InChI is InChI=1S/C4H4NO2/c6-3-4-5-1-2-7-4/h1,6H,3H2. The Morgan fingerprint density at radius 3 is 3.14 bits per heavy atom. The summed E-state index contributed by atoms with van der Waals surface area (Å²) in [5, 5.41) is 8.25. The quantitative estimate of drug-likeness (QED) is 0.536. The Morgan fingerprint density at radius 2 is 2.86 bits per heavy atom. The van der Waals surface area contributed by atoms with Crippen LogP contribution in [0.1, 0.15) is 5.89 Å². The van der Waals surface area contributed by atoms with E-state index in [1.54, 1.807) is 0 Å². The molecule has 1 heterocycles. The lowest BCUT2D eigenvalue weighted by atomic mass is 10.7. The van der Waals surface area contributed by atoms with Crippen molar-refractivity contribution < 1.29 is 9.52 Å². The maximum atomic E-state index is 8.25. The molecule has 0 unspecified atom stereocenters. The molecule has 37 valence electrons. The average molecular weight is 98.1 g/mol. The SMILES string of the molecule is OCc1nc[c]o1. The lowest BCUT2D eigenvalue weighted by Gasteiger charge is -1.77. The van der Waals surface area contributed by atoms with Crippen molar-refractivity contribution >= 4 is 0 Å². The molecule has 3 nitrogen and oxygen atoms in total. The summed E-state index contributed by atoms with van der Waals surface area (Å²) in [5.74, 6) is 0.306. The Kier molecular flexibility index (Phi) is 1.08. The summed E-state index contributed by atoms with van der Waals surface area (Å²) in [6.45, 7) is -0.149. The minimum absolute atomic E-state index is 0.149. The van der Waals surface area contributed by atoms with Crippen LogP contribution in [0.5, 0.6) is 0 Å². The number of oxazole rings is 1. The Morgan fingerprint density at radius 1 is 2.00 bits per heavy atom. The van der Waals surface area contributed by atoms with E-state index in [2.05, 4.69) is 15.7 Å². The molecule has 0 fully saturated rings. The van der Waals surface area contributed by atoms with E-state index < -0.39 is 0 Å².